The molecule has 0 saturated carbocycles. The van der Waals surface area contributed by atoms with Crippen LogP contribution in [0.5, 0.6) is 0 Å². The molecular formula is C15H19NO2. The van der Waals surface area contributed by atoms with Crippen molar-refractivity contribution in [1.29, 1.82) is 5.26 Å². The van der Waals surface area contributed by atoms with Gasteiger partial charge in [-0.3, -0.25) is 4.79 Å². The Labute approximate surface area is 108 Å². The molecule has 0 aromatic heterocycles. The second-order valence-electron chi connectivity index (χ2n) is 4.07. The molecule has 0 fully saturated rings. The van der Waals surface area contributed by atoms with Gasteiger partial charge >= 0.3 is 5.97 Å². The van der Waals surface area contributed by atoms with Gasteiger partial charge in [0.1, 0.15) is 0 Å². The van der Waals surface area contributed by atoms with E-state index in [9.17, 15) is 4.79 Å². The molecule has 0 heterocycles. The molecule has 0 spiro atoms. The van der Waals surface area contributed by atoms with E-state index in [2.05, 4.69) is 6.07 Å². The highest BCUT2D eigenvalue weighted by molar-refractivity contribution is 5.74. The molecule has 0 saturated heterocycles. The third kappa shape index (κ3) is 3.33. The molecule has 1 aromatic carbocycles. The predicted molar refractivity (Wildman–Crippen MR) is 70.3 cm³/mol. The summed E-state index contributed by atoms with van der Waals surface area (Å²) >= 11 is 0. The molecular weight excluding hydrogens is 226 g/mol. The molecule has 0 unspecified atom stereocenters. The zero-order valence-corrected chi connectivity index (χ0v) is 11.2. The SMILES string of the molecule is CCOC(=O)Cc1c(CC)cc(C#N)cc1CC. The molecule has 3 heteroatoms. The molecule has 18 heavy (non-hydrogen) atoms. The van der Waals surface area contributed by atoms with Crippen LogP contribution in [0.15, 0.2) is 12.1 Å². The second kappa shape index (κ2) is 6.80. The maximum atomic E-state index is 11.6. The molecule has 0 aliphatic rings. The van der Waals surface area contributed by atoms with Gasteiger partial charge < -0.3 is 4.74 Å². The fourth-order valence-corrected chi connectivity index (χ4v) is 2.08. The number of aryl methyl sites for hydroxylation is 2. The Bertz CT molecular complexity index is 447. The normalized spacial score (nSPS) is 9.89. The second-order valence-corrected chi connectivity index (χ2v) is 4.07. The highest BCUT2D eigenvalue weighted by Crippen LogP contribution is 2.20. The van der Waals surface area contributed by atoms with Crippen molar-refractivity contribution in [3.05, 3.63) is 34.4 Å². The fourth-order valence-electron chi connectivity index (χ4n) is 2.08. The van der Waals surface area contributed by atoms with Crippen LogP contribution in [0, 0.1) is 11.3 Å². The van der Waals surface area contributed by atoms with E-state index in [-0.39, 0.29) is 5.97 Å². The fraction of sp³-hybridized carbons (Fsp3) is 0.467. The van der Waals surface area contributed by atoms with Gasteiger partial charge in [0.2, 0.25) is 0 Å². The number of carbonyl (C=O) groups excluding carboxylic acids is 1. The summed E-state index contributed by atoms with van der Waals surface area (Å²) in [6.07, 6.45) is 1.93. The molecule has 96 valence electrons. The van der Waals surface area contributed by atoms with Crippen molar-refractivity contribution < 1.29 is 9.53 Å². The first-order chi connectivity index (χ1) is 8.65. The van der Waals surface area contributed by atoms with Gasteiger partial charge in [-0.2, -0.15) is 5.26 Å². The number of hydrogen-bond donors (Lipinski definition) is 0. The Morgan fingerprint density at radius 2 is 1.78 bits per heavy atom. The van der Waals surface area contributed by atoms with Gasteiger partial charge in [0, 0.05) is 0 Å². The van der Waals surface area contributed by atoms with E-state index in [0.29, 0.717) is 18.6 Å². The Balaban J connectivity index is 3.15. The molecule has 3 nitrogen and oxygen atoms in total. The maximum absolute atomic E-state index is 11.6. The molecule has 0 aliphatic heterocycles. The largest absolute Gasteiger partial charge is 0.466 e. The van der Waals surface area contributed by atoms with Crippen LogP contribution in [0.4, 0.5) is 0 Å². The monoisotopic (exact) mass is 245 g/mol. The molecule has 1 rings (SSSR count). The minimum absolute atomic E-state index is 0.202. The van der Waals surface area contributed by atoms with Gasteiger partial charge in [-0.1, -0.05) is 13.8 Å². The van der Waals surface area contributed by atoms with E-state index in [1.807, 2.05) is 26.0 Å². The highest BCUT2D eigenvalue weighted by Gasteiger charge is 2.13. The van der Waals surface area contributed by atoms with Crippen LogP contribution < -0.4 is 0 Å². The first-order valence-corrected chi connectivity index (χ1v) is 6.36. The van der Waals surface area contributed by atoms with E-state index in [1.54, 1.807) is 6.92 Å². The summed E-state index contributed by atoms with van der Waals surface area (Å²) < 4.78 is 5.00. The van der Waals surface area contributed by atoms with Crippen molar-refractivity contribution in [3.63, 3.8) is 0 Å². The first-order valence-electron chi connectivity index (χ1n) is 6.36. The summed E-state index contributed by atoms with van der Waals surface area (Å²) in [5, 5.41) is 8.99. The highest BCUT2D eigenvalue weighted by atomic mass is 16.5. The molecule has 0 atom stereocenters. The molecule has 0 amide bonds. The Hall–Kier alpha value is -1.82. The summed E-state index contributed by atoms with van der Waals surface area (Å²) in [5.41, 5.74) is 3.83. The number of nitrogens with zero attached hydrogens (tertiary/aromatic N) is 1. The summed E-state index contributed by atoms with van der Waals surface area (Å²) in [7, 11) is 0. The number of benzene rings is 1. The zero-order valence-electron chi connectivity index (χ0n) is 11.2. The topological polar surface area (TPSA) is 50.1 Å². The standard InChI is InChI=1S/C15H19NO2/c1-4-12-7-11(10-16)8-13(5-2)14(12)9-15(17)18-6-3/h7-8H,4-6,9H2,1-3H3. The predicted octanol–water partition coefficient (Wildman–Crippen LogP) is 2.79. The van der Waals surface area contributed by atoms with Crippen LogP contribution in [0.25, 0.3) is 0 Å². The van der Waals surface area contributed by atoms with Gasteiger partial charge in [0.25, 0.3) is 0 Å². The van der Waals surface area contributed by atoms with Crippen LogP contribution in [0.2, 0.25) is 0 Å². The van der Waals surface area contributed by atoms with Crippen LogP contribution in [-0.2, 0) is 28.8 Å². The first kappa shape index (κ1) is 14.2. The average Bonchev–Trinajstić information content (AvgIpc) is 2.39. The molecule has 0 radical (unpaired) electrons. The lowest BCUT2D eigenvalue weighted by Gasteiger charge is -2.13. The van der Waals surface area contributed by atoms with Crippen LogP contribution in [0.3, 0.4) is 0 Å². The Kier molecular flexibility index (Phi) is 5.38. The summed E-state index contributed by atoms with van der Waals surface area (Å²) in [5.74, 6) is -0.202. The van der Waals surface area contributed by atoms with E-state index in [4.69, 9.17) is 10.00 Å². The number of esters is 1. The summed E-state index contributed by atoms with van der Waals surface area (Å²) in [4.78, 5) is 11.6. The van der Waals surface area contributed by atoms with E-state index in [1.165, 1.54) is 0 Å². The van der Waals surface area contributed by atoms with E-state index in [0.717, 1.165) is 29.5 Å². The third-order valence-electron chi connectivity index (χ3n) is 2.95. The van der Waals surface area contributed by atoms with Crippen molar-refractivity contribution in [2.75, 3.05) is 6.61 Å². The van der Waals surface area contributed by atoms with Gasteiger partial charge in [-0.15, -0.1) is 0 Å². The molecule has 0 N–H and O–H groups in total. The van der Waals surface area contributed by atoms with Gasteiger partial charge in [-0.25, -0.2) is 0 Å². The Morgan fingerprint density at radius 1 is 1.22 bits per heavy atom. The van der Waals surface area contributed by atoms with Crippen molar-refractivity contribution in [3.8, 4) is 6.07 Å². The van der Waals surface area contributed by atoms with Crippen molar-refractivity contribution in [2.24, 2.45) is 0 Å². The molecule has 0 bridgehead atoms. The zero-order chi connectivity index (χ0) is 13.5. The van der Waals surface area contributed by atoms with Crippen molar-refractivity contribution in [2.45, 2.75) is 40.0 Å². The number of ether oxygens (including phenoxy) is 1. The summed E-state index contributed by atoms with van der Waals surface area (Å²) in [6, 6.07) is 5.90. The minimum Gasteiger partial charge on any atom is -0.466 e. The summed E-state index contributed by atoms with van der Waals surface area (Å²) in [6.45, 7) is 6.27. The number of hydrogen-bond acceptors (Lipinski definition) is 3. The Morgan fingerprint density at radius 3 is 2.17 bits per heavy atom. The van der Waals surface area contributed by atoms with Crippen LogP contribution >= 0.6 is 0 Å². The van der Waals surface area contributed by atoms with E-state index < -0.39 is 0 Å². The van der Waals surface area contributed by atoms with Gasteiger partial charge in [0.05, 0.1) is 24.7 Å². The smallest absolute Gasteiger partial charge is 0.310 e. The van der Waals surface area contributed by atoms with Gasteiger partial charge in [-0.05, 0) is 48.6 Å². The number of carbonyl (C=O) groups is 1. The quantitative estimate of drug-likeness (QED) is 0.749. The lowest BCUT2D eigenvalue weighted by Crippen LogP contribution is -2.11. The lowest BCUT2D eigenvalue weighted by atomic mass is 9.93. The van der Waals surface area contributed by atoms with Crippen molar-refractivity contribution >= 4 is 5.97 Å². The van der Waals surface area contributed by atoms with Crippen LogP contribution in [-0.4, -0.2) is 12.6 Å². The number of nitriles is 1. The van der Waals surface area contributed by atoms with Gasteiger partial charge in [0.15, 0.2) is 0 Å². The minimum atomic E-state index is -0.202. The molecule has 1 aromatic rings. The third-order valence-corrected chi connectivity index (χ3v) is 2.95. The van der Waals surface area contributed by atoms with Crippen molar-refractivity contribution in [1.82, 2.24) is 0 Å². The lowest BCUT2D eigenvalue weighted by molar-refractivity contribution is -0.142. The van der Waals surface area contributed by atoms with E-state index >= 15 is 0 Å². The number of rotatable bonds is 5. The van der Waals surface area contributed by atoms with Crippen LogP contribution in [0.1, 0.15) is 43.0 Å². The average molecular weight is 245 g/mol. The maximum Gasteiger partial charge on any atom is 0.310 e. The molecule has 0 aliphatic carbocycles.